The summed E-state index contributed by atoms with van der Waals surface area (Å²) in [6.07, 6.45) is 1.06. The Morgan fingerprint density at radius 3 is 2.35 bits per heavy atom. The number of aryl methyl sites for hydroxylation is 2. The summed E-state index contributed by atoms with van der Waals surface area (Å²) < 4.78 is 0. The van der Waals surface area contributed by atoms with Gasteiger partial charge in [0, 0.05) is 5.69 Å². The van der Waals surface area contributed by atoms with Gasteiger partial charge in [-0.3, -0.25) is 0 Å². The molecule has 0 bridgehead atoms. The minimum atomic E-state index is 0.754. The molecule has 0 atom stereocenters. The lowest BCUT2D eigenvalue weighted by atomic mass is 10.1. The van der Waals surface area contributed by atoms with Crippen molar-refractivity contribution >= 4 is 23.0 Å². The second kappa shape index (κ2) is 5.24. The second-order valence-corrected chi connectivity index (χ2v) is 4.51. The van der Waals surface area contributed by atoms with Gasteiger partial charge in [-0.15, -0.1) is 0 Å². The maximum atomic E-state index is 6.18. The summed E-state index contributed by atoms with van der Waals surface area (Å²) in [6, 6.07) is 14.3. The van der Waals surface area contributed by atoms with Crippen LogP contribution in [-0.4, -0.2) is 0 Å². The standard InChI is InChI=1S/C15H16ClN/c1-3-12-7-9-13(10-8-12)17-15-11(2)5-4-6-14(15)16/h4-10,17H,3H2,1-2H3. The topological polar surface area (TPSA) is 12.0 Å². The van der Waals surface area contributed by atoms with E-state index in [4.69, 9.17) is 11.6 Å². The van der Waals surface area contributed by atoms with Gasteiger partial charge in [0.25, 0.3) is 0 Å². The minimum Gasteiger partial charge on any atom is -0.354 e. The first-order valence-electron chi connectivity index (χ1n) is 5.82. The number of para-hydroxylation sites is 1. The van der Waals surface area contributed by atoms with E-state index in [0.29, 0.717) is 0 Å². The normalized spacial score (nSPS) is 10.3. The average molecular weight is 246 g/mol. The molecule has 2 aromatic carbocycles. The van der Waals surface area contributed by atoms with Crippen LogP contribution in [0.25, 0.3) is 0 Å². The van der Waals surface area contributed by atoms with Gasteiger partial charge in [0.1, 0.15) is 0 Å². The molecule has 2 rings (SSSR count). The smallest absolute Gasteiger partial charge is 0.0643 e. The Labute approximate surface area is 107 Å². The van der Waals surface area contributed by atoms with E-state index in [1.807, 2.05) is 12.1 Å². The molecule has 17 heavy (non-hydrogen) atoms. The molecule has 0 fully saturated rings. The lowest BCUT2D eigenvalue weighted by molar-refractivity contribution is 1.14. The van der Waals surface area contributed by atoms with Gasteiger partial charge in [0.05, 0.1) is 10.7 Å². The van der Waals surface area contributed by atoms with Crippen LogP contribution in [0.5, 0.6) is 0 Å². The molecule has 0 saturated heterocycles. The zero-order chi connectivity index (χ0) is 12.3. The fraction of sp³-hybridized carbons (Fsp3) is 0.200. The van der Waals surface area contributed by atoms with Crippen molar-refractivity contribution in [1.82, 2.24) is 0 Å². The van der Waals surface area contributed by atoms with E-state index >= 15 is 0 Å². The van der Waals surface area contributed by atoms with Gasteiger partial charge in [-0.25, -0.2) is 0 Å². The van der Waals surface area contributed by atoms with Gasteiger partial charge in [0.2, 0.25) is 0 Å². The van der Waals surface area contributed by atoms with E-state index in [2.05, 4.69) is 49.5 Å². The predicted molar refractivity (Wildman–Crippen MR) is 75.3 cm³/mol. The highest BCUT2D eigenvalue weighted by atomic mass is 35.5. The number of rotatable bonds is 3. The minimum absolute atomic E-state index is 0.754. The Morgan fingerprint density at radius 1 is 1.06 bits per heavy atom. The van der Waals surface area contributed by atoms with Crippen LogP contribution >= 0.6 is 11.6 Å². The van der Waals surface area contributed by atoms with Gasteiger partial charge < -0.3 is 5.32 Å². The van der Waals surface area contributed by atoms with Crippen LogP contribution in [-0.2, 0) is 6.42 Å². The van der Waals surface area contributed by atoms with E-state index in [-0.39, 0.29) is 0 Å². The van der Waals surface area contributed by atoms with Crippen molar-refractivity contribution in [1.29, 1.82) is 0 Å². The largest absolute Gasteiger partial charge is 0.354 e. The third-order valence-electron chi connectivity index (χ3n) is 2.85. The molecule has 0 unspecified atom stereocenters. The van der Waals surface area contributed by atoms with Crippen LogP contribution in [0, 0.1) is 6.92 Å². The summed E-state index contributed by atoms with van der Waals surface area (Å²) in [5.41, 5.74) is 4.54. The molecule has 0 aliphatic carbocycles. The van der Waals surface area contributed by atoms with Crippen LogP contribution < -0.4 is 5.32 Å². The fourth-order valence-electron chi connectivity index (χ4n) is 1.76. The SMILES string of the molecule is CCc1ccc(Nc2c(C)cccc2Cl)cc1. The van der Waals surface area contributed by atoms with Crippen LogP contribution in [0.1, 0.15) is 18.1 Å². The second-order valence-electron chi connectivity index (χ2n) is 4.11. The third-order valence-corrected chi connectivity index (χ3v) is 3.17. The predicted octanol–water partition coefficient (Wildman–Crippen LogP) is 4.95. The number of anilines is 2. The van der Waals surface area contributed by atoms with Crippen molar-refractivity contribution in [3.05, 3.63) is 58.6 Å². The van der Waals surface area contributed by atoms with Crippen molar-refractivity contribution in [2.75, 3.05) is 5.32 Å². The zero-order valence-electron chi connectivity index (χ0n) is 10.1. The van der Waals surface area contributed by atoms with E-state index in [1.165, 1.54) is 5.56 Å². The molecule has 0 amide bonds. The number of hydrogen-bond acceptors (Lipinski definition) is 1. The zero-order valence-corrected chi connectivity index (χ0v) is 10.9. The molecular weight excluding hydrogens is 230 g/mol. The summed E-state index contributed by atoms with van der Waals surface area (Å²) >= 11 is 6.18. The maximum absolute atomic E-state index is 6.18. The molecule has 1 nitrogen and oxygen atoms in total. The van der Waals surface area contributed by atoms with Crippen LogP contribution in [0.4, 0.5) is 11.4 Å². The molecular formula is C15H16ClN. The molecule has 2 aromatic rings. The van der Waals surface area contributed by atoms with Crippen LogP contribution in [0.2, 0.25) is 5.02 Å². The molecule has 1 N–H and O–H groups in total. The average Bonchev–Trinajstić information content (AvgIpc) is 2.35. The van der Waals surface area contributed by atoms with Crippen molar-refractivity contribution in [3.63, 3.8) is 0 Å². The van der Waals surface area contributed by atoms with Gasteiger partial charge in [-0.05, 0) is 42.7 Å². The fourth-order valence-corrected chi connectivity index (χ4v) is 2.03. The van der Waals surface area contributed by atoms with Crippen molar-refractivity contribution in [3.8, 4) is 0 Å². The van der Waals surface area contributed by atoms with E-state index < -0.39 is 0 Å². The van der Waals surface area contributed by atoms with E-state index in [0.717, 1.165) is 28.4 Å². The first-order chi connectivity index (χ1) is 8.20. The molecule has 0 spiro atoms. The third kappa shape index (κ3) is 2.80. The Hall–Kier alpha value is -1.47. The van der Waals surface area contributed by atoms with Crippen LogP contribution in [0.3, 0.4) is 0 Å². The Kier molecular flexibility index (Phi) is 3.70. The summed E-state index contributed by atoms with van der Waals surface area (Å²) in [5, 5.41) is 4.11. The Balaban J connectivity index is 2.25. The number of benzene rings is 2. The first kappa shape index (κ1) is 12.0. The molecule has 0 saturated carbocycles. The van der Waals surface area contributed by atoms with Gasteiger partial charge in [-0.2, -0.15) is 0 Å². The lowest BCUT2D eigenvalue weighted by Crippen LogP contribution is -1.94. The molecule has 0 aliphatic heterocycles. The van der Waals surface area contributed by atoms with Crippen molar-refractivity contribution < 1.29 is 0 Å². The maximum Gasteiger partial charge on any atom is 0.0643 e. The summed E-state index contributed by atoms with van der Waals surface area (Å²) in [4.78, 5) is 0. The Bertz CT molecular complexity index is 483. The molecule has 0 heterocycles. The van der Waals surface area contributed by atoms with Gasteiger partial charge in [0.15, 0.2) is 0 Å². The van der Waals surface area contributed by atoms with E-state index in [1.54, 1.807) is 0 Å². The van der Waals surface area contributed by atoms with E-state index in [9.17, 15) is 0 Å². The summed E-state index contributed by atoms with van der Waals surface area (Å²) in [6.45, 7) is 4.20. The molecule has 88 valence electrons. The van der Waals surface area contributed by atoms with Gasteiger partial charge in [-0.1, -0.05) is 42.8 Å². The van der Waals surface area contributed by atoms with Crippen molar-refractivity contribution in [2.24, 2.45) is 0 Å². The van der Waals surface area contributed by atoms with Crippen LogP contribution in [0.15, 0.2) is 42.5 Å². The number of halogens is 1. The molecule has 0 aromatic heterocycles. The quantitative estimate of drug-likeness (QED) is 0.806. The van der Waals surface area contributed by atoms with Crippen molar-refractivity contribution in [2.45, 2.75) is 20.3 Å². The Morgan fingerprint density at radius 2 is 1.76 bits per heavy atom. The number of hydrogen-bond donors (Lipinski definition) is 1. The van der Waals surface area contributed by atoms with Gasteiger partial charge >= 0.3 is 0 Å². The molecule has 2 heteroatoms. The molecule has 0 aliphatic rings. The summed E-state index contributed by atoms with van der Waals surface area (Å²) in [5.74, 6) is 0. The highest BCUT2D eigenvalue weighted by molar-refractivity contribution is 6.33. The number of nitrogens with one attached hydrogen (secondary N) is 1. The molecule has 0 radical (unpaired) electrons. The monoisotopic (exact) mass is 245 g/mol. The lowest BCUT2D eigenvalue weighted by Gasteiger charge is -2.11. The first-order valence-corrected chi connectivity index (χ1v) is 6.19. The highest BCUT2D eigenvalue weighted by Gasteiger charge is 2.03. The highest BCUT2D eigenvalue weighted by Crippen LogP contribution is 2.28. The summed E-state index contributed by atoms with van der Waals surface area (Å²) in [7, 11) is 0.